The van der Waals surface area contributed by atoms with Crippen molar-refractivity contribution in [2.75, 3.05) is 26.2 Å². The average molecular weight is 415 g/mol. The molecule has 4 nitrogen and oxygen atoms in total. The van der Waals surface area contributed by atoms with Gasteiger partial charge in [0, 0.05) is 25.2 Å². The fourth-order valence-corrected chi connectivity index (χ4v) is 4.89. The van der Waals surface area contributed by atoms with Crippen molar-refractivity contribution in [1.82, 2.24) is 21.3 Å². The first kappa shape index (κ1) is 23.7. The van der Waals surface area contributed by atoms with Crippen LogP contribution in [0.3, 0.4) is 0 Å². The highest BCUT2D eigenvalue weighted by atomic mass is 14.9. The van der Waals surface area contributed by atoms with E-state index in [1.165, 1.54) is 88.2 Å². The van der Waals surface area contributed by atoms with E-state index >= 15 is 0 Å². The Hall–Kier alpha value is -0.940. The van der Waals surface area contributed by atoms with Gasteiger partial charge in [-0.3, -0.25) is 0 Å². The van der Waals surface area contributed by atoms with Gasteiger partial charge in [-0.15, -0.1) is 0 Å². The van der Waals surface area contributed by atoms with Gasteiger partial charge in [-0.05, 0) is 75.8 Å². The fourth-order valence-electron chi connectivity index (χ4n) is 4.89. The van der Waals surface area contributed by atoms with Crippen molar-refractivity contribution in [3.63, 3.8) is 0 Å². The van der Waals surface area contributed by atoms with E-state index in [4.69, 9.17) is 0 Å². The molecular formula is C26H46N4. The first-order chi connectivity index (χ1) is 14.9. The lowest BCUT2D eigenvalue weighted by atomic mass is 9.95. The maximum Gasteiger partial charge on any atom is 0.0205 e. The summed E-state index contributed by atoms with van der Waals surface area (Å²) in [4.78, 5) is 0. The molecule has 0 aliphatic heterocycles. The first-order valence-electron chi connectivity index (χ1n) is 12.9. The van der Waals surface area contributed by atoms with E-state index in [2.05, 4.69) is 45.5 Å². The summed E-state index contributed by atoms with van der Waals surface area (Å²) in [6, 6.07) is 10.7. The van der Waals surface area contributed by atoms with Crippen LogP contribution < -0.4 is 21.3 Å². The van der Waals surface area contributed by atoms with Gasteiger partial charge < -0.3 is 21.3 Å². The lowest BCUT2D eigenvalue weighted by Crippen LogP contribution is -2.33. The highest BCUT2D eigenvalue weighted by Gasteiger charge is 2.12. The minimum Gasteiger partial charge on any atom is -0.314 e. The maximum atomic E-state index is 3.73. The average Bonchev–Trinajstić information content (AvgIpc) is 2.81. The zero-order valence-electron chi connectivity index (χ0n) is 19.2. The summed E-state index contributed by atoms with van der Waals surface area (Å²) in [5.41, 5.74) is 2.77. The quantitative estimate of drug-likeness (QED) is 0.339. The van der Waals surface area contributed by atoms with E-state index in [9.17, 15) is 0 Å². The number of hydrogen-bond acceptors (Lipinski definition) is 4. The van der Waals surface area contributed by atoms with Crippen molar-refractivity contribution in [2.45, 2.75) is 102 Å². The summed E-state index contributed by atoms with van der Waals surface area (Å²) in [5, 5.41) is 14.6. The third-order valence-corrected chi connectivity index (χ3v) is 6.82. The van der Waals surface area contributed by atoms with E-state index in [1.54, 1.807) is 0 Å². The Morgan fingerprint density at radius 1 is 0.533 bits per heavy atom. The van der Waals surface area contributed by atoms with E-state index in [-0.39, 0.29) is 0 Å². The van der Waals surface area contributed by atoms with Gasteiger partial charge in [-0.2, -0.15) is 0 Å². The summed E-state index contributed by atoms with van der Waals surface area (Å²) in [6.07, 6.45) is 16.5. The van der Waals surface area contributed by atoms with Crippen LogP contribution in [0.15, 0.2) is 24.3 Å². The molecule has 0 saturated heterocycles. The van der Waals surface area contributed by atoms with E-state index in [1.807, 2.05) is 0 Å². The predicted octanol–water partition coefficient (Wildman–Crippen LogP) is 4.49. The van der Waals surface area contributed by atoms with Crippen LogP contribution in [0.1, 0.15) is 88.2 Å². The van der Waals surface area contributed by atoms with Crippen LogP contribution in [-0.2, 0) is 13.1 Å². The molecule has 0 bridgehead atoms. The van der Waals surface area contributed by atoms with Gasteiger partial charge in [0.25, 0.3) is 0 Å². The predicted molar refractivity (Wildman–Crippen MR) is 129 cm³/mol. The van der Waals surface area contributed by atoms with Crippen molar-refractivity contribution in [3.05, 3.63) is 35.4 Å². The van der Waals surface area contributed by atoms with Crippen molar-refractivity contribution in [1.29, 1.82) is 0 Å². The maximum absolute atomic E-state index is 3.73. The van der Waals surface area contributed by atoms with Gasteiger partial charge in [0.1, 0.15) is 0 Å². The van der Waals surface area contributed by atoms with Crippen LogP contribution in [0.2, 0.25) is 0 Å². The Kier molecular flexibility index (Phi) is 11.8. The molecule has 0 heterocycles. The Morgan fingerprint density at radius 3 is 1.33 bits per heavy atom. The molecule has 0 amide bonds. The third-order valence-electron chi connectivity index (χ3n) is 6.82. The number of rotatable bonds is 14. The molecule has 0 aromatic heterocycles. The first-order valence-corrected chi connectivity index (χ1v) is 12.9. The largest absolute Gasteiger partial charge is 0.314 e. The van der Waals surface area contributed by atoms with Crippen molar-refractivity contribution in [3.8, 4) is 0 Å². The Bertz CT molecular complexity index is 483. The van der Waals surface area contributed by atoms with Gasteiger partial charge in [-0.25, -0.2) is 0 Å². The zero-order chi connectivity index (χ0) is 20.7. The highest BCUT2D eigenvalue weighted by molar-refractivity contribution is 5.22. The molecule has 2 saturated carbocycles. The van der Waals surface area contributed by atoms with E-state index in [0.717, 1.165) is 51.4 Å². The lowest BCUT2D eigenvalue weighted by Gasteiger charge is -2.22. The number of hydrogen-bond donors (Lipinski definition) is 4. The van der Waals surface area contributed by atoms with Gasteiger partial charge in [0.15, 0.2) is 0 Å². The number of benzene rings is 1. The van der Waals surface area contributed by atoms with Gasteiger partial charge in [0.2, 0.25) is 0 Å². The second kappa shape index (κ2) is 15.0. The molecule has 4 heteroatoms. The van der Waals surface area contributed by atoms with Crippen molar-refractivity contribution >= 4 is 0 Å². The van der Waals surface area contributed by atoms with Crippen LogP contribution in [0.25, 0.3) is 0 Å². The minimum absolute atomic E-state index is 0.785. The molecule has 2 aliphatic carbocycles. The molecule has 1 aromatic rings. The van der Waals surface area contributed by atoms with Crippen LogP contribution in [0.5, 0.6) is 0 Å². The third kappa shape index (κ3) is 9.91. The van der Waals surface area contributed by atoms with Crippen molar-refractivity contribution in [2.24, 2.45) is 0 Å². The molecule has 2 fully saturated rings. The smallest absolute Gasteiger partial charge is 0.0205 e. The van der Waals surface area contributed by atoms with E-state index in [0.29, 0.717) is 0 Å². The monoisotopic (exact) mass is 414 g/mol. The normalized spacial score (nSPS) is 18.7. The second-order valence-corrected chi connectivity index (χ2v) is 9.46. The summed E-state index contributed by atoms with van der Waals surface area (Å²) >= 11 is 0. The molecule has 0 unspecified atom stereocenters. The zero-order valence-corrected chi connectivity index (χ0v) is 19.2. The Morgan fingerprint density at radius 2 is 0.933 bits per heavy atom. The molecule has 0 atom stereocenters. The summed E-state index contributed by atoms with van der Waals surface area (Å²) in [5.74, 6) is 0. The molecule has 170 valence electrons. The van der Waals surface area contributed by atoms with Crippen LogP contribution in [0.4, 0.5) is 0 Å². The molecule has 2 aliphatic rings. The summed E-state index contributed by atoms with van der Waals surface area (Å²) < 4.78 is 0. The van der Waals surface area contributed by atoms with Gasteiger partial charge >= 0.3 is 0 Å². The molecule has 0 spiro atoms. The molecular weight excluding hydrogens is 368 g/mol. The molecule has 1 aromatic carbocycles. The molecule has 3 rings (SSSR count). The fraction of sp³-hybridized carbons (Fsp3) is 0.769. The van der Waals surface area contributed by atoms with Gasteiger partial charge in [-0.1, -0.05) is 62.8 Å². The number of nitrogens with one attached hydrogen (secondary N) is 4. The molecule has 4 N–H and O–H groups in total. The summed E-state index contributed by atoms with van der Waals surface area (Å²) in [6.45, 7) is 6.45. The molecule has 30 heavy (non-hydrogen) atoms. The highest BCUT2D eigenvalue weighted by Crippen LogP contribution is 2.17. The molecule has 0 radical (unpaired) electrons. The topological polar surface area (TPSA) is 48.1 Å². The standard InChI is InChI=1S/C26H46N4/c1-3-9-25(10-4-1)29-19-7-17-27-21-23-13-15-24(16-14-23)22-28-18-8-20-30-26-11-5-2-6-12-26/h13-16,25-30H,1-12,17-22H2. The van der Waals surface area contributed by atoms with Crippen molar-refractivity contribution < 1.29 is 0 Å². The van der Waals surface area contributed by atoms with Crippen LogP contribution >= 0.6 is 0 Å². The lowest BCUT2D eigenvalue weighted by molar-refractivity contribution is 0.371. The Labute approximate surface area is 185 Å². The van der Waals surface area contributed by atoms with Crippen LogP contribution in [-0.4, -0.2) is 38.3 Å². The van der Waals surface area contributed by atoms with E-state index < -0.39 is 0 Å². The second-order valence-electron chi connectivity index (χ2n) is 9.46. The Balaban J connectivity index is 1.15. The summed E-state index contributed by atoms with van der Waals surface area (Å²) in [7, 11) is 0. The van der Waals surface area contributed by atoms with Crippen LogP contribution in [0, 0.1) is 0 Å². The SMILES string of the molecule is c1cc(CNCCCNC2CCCCC2)ccc1CNCCCNC1CCCCC1. The van der Waals surface area contributed by atoms with Gasteiger partial charge in [0.05, 0.1) is 0 Å². The minimum atomic E-state index is 0.785.